The largest absolute Gasteiger partial charge is 0.478 e. The summed E-state index contributed by atoms with van der Waals surface area (Å²) in [4.78, 5) is 36.1. The molecule has 0 unspecified atom stereocenters. The molecule has 1 aromatic rings. The van der Waals surface area contributed by atoms with E-state index >= 15 is 0 Å². The van der Waals surface area contributed by atoms with Crippen molar-refractivity contribution in [3.8, 4) is 0 Å². The summed E-state index contributed by atoms with van der Waals surface area (Å²) in [6, 6.07) is 0. The van der Waals surface area contributed by atoms with Gasteiger partial charge in [0.05, 0.1) is 24.9 Å². The number of rotatable bonds is 5. The minimum Gasteiger partial charge on any atom is -0.478 e. The highest BCUT2D eigenvalue weighted by molar-refractivity contribution is 5.85. The minimum atomic E-state index is -1.29. The molecule has 23 heavy (non-hydrogen) atoms. The third-order valence-corrected chi connectivity index (χ3v) is 3.59. The maximum Gasteiger partial charge on any atom is 0.330 e. The number of hydrogen-bond donors (Lipinski definition) is 5. The van der Waals surface area contributed by atoms with Gasteiger partial charge in [-0.05, 0) is 6.08 Å². The number of aromatic amines is 1. The Bertz CT molecular complexity index is 721. The Labute approximate surface area is 128 Å². The number of nitrogens with zero attached hydrogens (tertiary/aromatic N) is 1. The van der Waals surface area contributed by atoms with E-state index in [9.17, 15) is 29.7 Å². The quantitative estimate of drug-likeness (QED) is 0.370. The Morgan fingerprint density at radius 3 is 2.57 bits per heavy atom. The van der Waals surface area contributed by atoms with Crippen LogP contribution >= 0.6 is 0 Å². The van der Waals surface area contributed by atoms with Gasteiger partial charge < -0.3 is 25.2 Å². The first-order valence-electron chi connectivity index (χ1n) is 6.70. The number of aliphatic hydroxyl groups excluding tert-OH is 3. The second kappa shape index (κ2) is 6.87. The van der Waals surface area contributed by atoms with Crippen LogP contribution in [-0.4, -0.2) is 61.4 Å². The molecule has 10 heteroatoms. The first-order chi connectivity index (χ1) is 10.9. The summed E-state index contributed by atoms with van der Waals surface area (Å²) in [5.74, 6) is -2.08. The molecule has 5 N–H and O–H groups in total. The van der Waals surface area contributed by atoms with E-state index in [1.165, 1.54) is 0 Å². The number of ether oxygens (including phenoxy) is 1. The van der Waals surface area contributed by atoms with Gasteiger partial charge in [0.2, 0.25) is 0 Å². The molecule has 0 amide bonds. The number of nitrogens with one attached hydrogen (secondary N) is 1. The first-order valence-corrected chi connectivity index (χ1v) is 6.70. The van der Waals surface area contributed by atoms with Crippen LogP contribution in [0, 0.1) is 5.92 Å². The van der Waals surface area contributed by atoms with Gasteiger partial charge >= 0.3 is 11.7 Å². The minimum absolute atomic E-state index is 0.129. The lowest BCUT2D eigenvalue weighted by atomic mass is 9.99. The molecule has 2 heterocycles. The maximum atomic E-state index is 11.9. The van der Waals surface area contributed by atoms with E-state index in [2.05, 4.69) is 0 Å². The number of hydrogen-bond acceptors (Lipinski definition) is 7. The van der Waals surface area contributed by atoms with Crippen molar-refractivity contribution in [3.05, 3.63) is 38.7 Å². The summed E-state index contributed by atoms with van der Waals surface area (Å²) in [6.45, 7) is -0.935. The van der Waals surface area contributed by atoms with Crippen LogP contribution in [-0.2, 0) is 9.53 Å². The molecule has 0 spiro atoms. The molecule has 0 aromatic carbocycles. The fourth-order valence-electron chi connectivity index (χ4n) is 2.40. The third-order valence-electron chi connectivity index (χ3n) is 3.59. The molecule has 1 aliphatic heterocycles. The van der Waals surface area contributed by atoms with Crippen molar-refractivity contribution in [2.45, 2.75) is 18.4 Å². The smallest absolute Gasteiger partial charge is 0.330 e. The van der Waals surface area contributed by atoms with Crippen LogP contribution in [0.2, 0.25) is 0 Å². The molecule has 0 radical (unpaired) electrons. The zero-order chi connectivity index (χ0) is 17.1. The molecule has 10 nitrogen and oxygen atoms in total. The summed E-state index contributed by atoms with van der Waals surface area (Å²) in [7, 11) is 0. The standard InChI is InChI=1S/C13H16N2O8/c16-4-7-8(5-17)23-12(10(7)20)15-3-6(1-2-9(18)19)11(21)14-13(15)22/h1-3,7-8,10,12,16-17,20H,4-5H2,(H,18,19)(H,14,21,22)/b2-1+/t7-,8-,10+,12-/m1/s1. The van der Waals surface area contributed by atoms with E-state index in [4.69, 9.17) is 9.84 Å². The van der Waals surface area contributed by atoms with Crippen LogP contribution in [0.4, 0.5) is 0 Å². The van der Waals surface area contributed by atoms with Crippen molar-refractivity contribution in [3.63, 3.8) is 0 Å². The molecule has 2 rings (SSSR count). The summed E-state index contributed by atoms with van der Waals surface area (Å²) in [5, 5.41) is 37.2. The monoisotopic (exact) mass is 328 g/mol. The summed E-state index contributed by atoms with van der Waals surface area (Å²) < 4.78 is 6.24. The SMILES string of the molecule is O=C(O)/C=C/c1cn([C@@H]2O[C@H](CO)[C@@H](CO)[C@@H]2O)c(=O)[nH]c1=O. The Morgan fingerprint density at radius 2 is 2.04 bits per heavy atom. The van der Waals surface area contributed by atoms with Gasteiger partial charge in [-0.3, -0.25) is 14.3 Å². The fourth-order valence-corrected chi connectivity index (χ4v) is 2.40. The molecule has 0 bridgehead atoms. The van der Waals surface area contributed by atoms with Crippen molar-refractivity contribution < 1.29 is 30.0 Å². The topological polar surface area (TPSA) is 162 Å². The van der Waals surface area contributed by atoms with E-state index in [0.29, 0.717) is 0 Å². The van der Waals surface area contributed by atoms with Crippen LogP contribution in [0.15, 0.2) is 21.9 Å². The lowest BCUT2D eigenvalue weighted by Crippen LogP contribution is -2.37. The van der Waals surface area contributed by atoms with Crippen molar-refractivity contribution >= 4 is 12.0 Å². The van der Waals surface area contributed by atoms with Gasteiger partial charge in [-0.1, -0.05) is 0 Å². The van der Waals surface area contributed by atoms with Crippen molar-refractivity contribution in [2.75, 3.05) is 13.2 Å². The number of carboxylic acids is 1. The number of aliphatic hydroxyl groups is 3. The van der Waals surface area contributed by atoms with Gasteiger partial charge in [-0.2, -0.15) is 0 Å². The third kappa shape index (κ3) is 3.40. The molecule has 1 saturated heterocycles. The predicted octanol–water partition coefficient (Wildman–Crippen LogP) is -2.51. The summed E-state index contributed by atoms with van der Waals surface area (Å²) in [6.07, 6.45) is -0.647. The summed E-state index contributed by atoms with van der Waals surface area (Å²) in [5.41, 5.74) is -1.80. The van der Waals surface area contributed by atoms with Gasteiger partial charge in [0, 0.05) is 18.2 Å². The molecular weight excluding hydrogens is 312 g/mol. The number of H-pyrrole nitrogens is 1. The van der Waals surface area contributed by atoms with Crippen molar-refractivity contribution in [2.24, 2.45) is 5.92 Å². The Kier molecular flexibility index (Phi) is 5.11. The first kappa shape index (κ1) is 17.1. The average molecular weight is 328 g/mol. The van der Waals surface area contributed by atoms with Crippen molar-refractivity contribution in [1.29, 1.82) is 0 Å². The van der Waals surface area contributed by atoms with Crippen LogP contribution in [0.1, 0.15) is 11.8 Å². The number of carbonyl (C=O) groups is 1. The predicted molar refractivity (Wildman–Crippen MR) is 75.6 cm³/mol. The maximum absolute atomic E-state index is 11.9. The van der Waals surface area contributed by atoms with E-state index in [-0.39, 0.29) is 5.56 Å². The number of carboxylic acid groups (broad SMARTS) is 1. The van der Waals surface area contributed by atoms with Crippen molar-refractivity contribution in [1.82, 2.24) is 9.55 Å². The van der Waals surface area contributed by atoms with E-state index in [1.807, 2.05) is 4.98 Å². The second-order valence-electron chi connectivity index (χ2n) is 5.01. The normalized spacial score (nSPS) is 27.6. The van der Waals surface area contributed by atoms with Gasteiger partial charge in [0.1, 0.15) is 6.10 Å². The number of aromatic nitrogens is 2. The molecule has 1 fully saturated rings. The van der Waals surface area contributed by atoms with Crippen LogP contribution < -0.4 is 11.2 Å². The second-order valence-corrected chi connectivity index (χ2v) is 5.01. The highest BCUT2D eigenvalue weighted by atomic mass is 16.5. The Morgan fingerprint density at radius 1 is 1.35 bits per heavy atom. The molecule has 4 atom stereocenters. The van der Waals surface area contributed by atoms with Gasteiger partial charge in [0.15, 0.2) is 6.23 Å². The molecule has 126 valence electrons. The van der Waals surface area contributed by atoms with E-state index in [1.54, 1.807) is 0 Å². The lowest BCUT2D eigenvalue weighted by Gasteiger charge is -2.18. The zero-order valence-corrected chi connectivity index (χ0v) is 11.8. The van der Waals surface area contributed by atoms with E-state index in [0.717, 1.165) is 22.9 Å². The van der Waals surface area contributed by atoms with Crippen LogP contribution in [0.25, 0.3) is 6.08 Å². The molecule has 1 aromatic heterocycles. The van der Waals surface area contributed by atoms with Gasteiger partial charge in [-0.25, -0.2) is 9.59 Å². The van der Waals surface area contributed by atoms with Crippen LogP contribution in [0.3, 0.4) is 0 Å². The highest BCUT2D eigenvalue weighted by Gasteiger charge is 2.44. The molecule has 1 aliphatic rings. The molecular formula is C13H16N2O8. The summed E-state index contributed by atoms with van der Waals surface area (Å²) >= 11 is 0. The van der Waals surface area contributed by atoms with Crippen LogP contribution in [0.5, 0.6) is 0 Å². The molecule has 0 saturated carbocycles. The highest BCUT2D eigenvalue weighted by Crippen LogP contribution is 2.32. The average Bonchev–Trinajstić information content (AvgIpc) is 2.82. The lowest BCUT2D eigenvalue weighted by molar-refractivity contribution is -0.131. The van der Waals surface area contributed by atoms with Gasteiger partial charge in [-0.15, -0.1) is 0 Å². The van der Waals surface area contributed by atoms with Gasteiger partial charge in [0.25, 0.3) is 5.56 Å². The fraction of sp³-hybridized carbons (Fsp3) is 0.462. The zero-order valence-electron chi connectivity index (χ0n) is 11.8. The molecule has 0 aliphatic carbocycles. The van der Waals surface area contributed by atoms with E-state index < -0.39 is 54.8 Å². The Hall–Kier alpha value is -2.27. The Balaban J connectivity index is 2.43. The number of aliphatic carboxylic acids is 1.